The average Bonchev–Trinajstić information content (AvgIpc) is 2.35. The number of esters is 1. The molecule has 1 aromatic rings. The number of carbonyl (C=O) groups excluding carboxylic acids is 2. The lowest BCUT2D eigenvalue weighted by Gasteiger charge is -2.04. The summed E-state index contributed by atoms with van der Waals surface area (Å²) in [4.78, 5) is 22.8. The molecule has 16 heavy (non-hydrogen) atoms. The summed E-state index contributed by atoms with van der Waals surface area (Å²) < 4.78 is 4.57. The van der Waals surface area contributed by atoms with Crippen molar-refractivity contribution in [2.75, 3.05) is 13.7 Å². The Kier molecular flexibility index (Phi) is 4.27. The molecule has 0 atom stereocenters. The van der Waals surface area contributed by atoms with E-state index in [1.807, 2.05) is 0 Å². The van der Waals surface area contributed by atoms with Crippen molar-refractivity contribution < 1.29 is 14.3 Å². The fraction of sp³-hybridized carbons (Fsp3) is 0.167. The minimum atomic E-state index is -0.460. The first-order valence-electron chi connectivity index (χ1n) is 4.76. The Labute approximate surface area is 93.9 Å². The van der Waals surface area contributed by atoms with Crippen molar-refractivity contribution in [2.45, 2.75) is 0 Å². The van der Waals surface area contributed by atoms with Crippen LogP contribution in [0.2, 0.25) is 0 Å². The van der Waals surface area contributed by atoms with Crippen LogP contribution in [-0.4, -0.2) is 25.5 Å². The summed E-state index contributed by atoms with van der Waals surface area (Å²) in [7, 11) is 1.30. The Morgan fingerprint density at radius 2 is 2.12 bits per heavy atom. The lowest BCUT2D eigenvalue weighted by atomic mass is 10.1. The van der Waals surface area contributed by atoms with Crippen LogP contribution in [0.5, 0.6) is 0 Å². The van der Waals surface area contributed by atoms with E-state index in [9.17, 15) is 9.59 Å². The number of benzene rings is 1. The van der Waals surface area contributed by atoms with E-state index in [-0.39, 0.29) is 5.91 Å². The van der Waals surface area contributed by atoms with Crippen molar-refractivity contribution in [3.8, 4) is 0 Å². The Balaban J connectivity index is 2.85. The monoisotopic (exact) mass is 219 g/mol. The van der Waals surface area contributed by atoms with Crippen molar-refractivity contribution in [3.63, 3.8) is 0 Å². The fourth-order valence-electron chi connectivity index (χ4n) is 1.17. The highest BCUT2D eigenvalue weighted by molar-refractivity contribution is 5.97. The first-order valence-corrected chi connectivity index (χ1v) is 4.76. The van der Waals surface area contributed by atoms with Gasteiger partial charge in [-0.3, -0.25) is 4.79 Å². The highest BCUT2D eigenvalue weighted by Gasteiger charge is 2.09. The lowest BCUT2D eigenvalue weighted by Crippen LogP contribution is -2.23. The molecule has 1 amide bonds. The summed E-state index contributed by atoms with van der Waals surface area (Å²) in [6, 6.07) is 6.35. The van der Waals surface area contributed by atoms with Gasteiger partial charge in [-0.1, -0.05) is 12.1 Å². The molecular weight excluding hydrogens is 206 g/mol. The molecule has 0 fully saturated rings. The Morgan fingerprint density at radius 3 is 2.75 bits per heavy atom. The number of nitrogens with one attached hydrogen (secondary N) is 1. The molecule has 0 spiro atoms. The molecule has 0 bridgehead atoms. The largest absolute Gasteiger partial charge is 0.465 e. The molecule has 1 aromatic carbocycles. The molecule has 0 saturated carbocycles. The zero-order valence-corrected chi connectivity index (χ0v) is 9.03. The molecule has 0 aromatic heterocycles. The summed E-state index contributed by atoms with van der Waals surface area (Å²) in [5, 5.41) is 2.62. The zero-order valence-electron chi connectivity index (χ0n) is 9.03. The van der Waals surface area contributed by atoms with Gasteiger partial charge in [-0.05, 0) is 18.2 Å². The zero-order chi connectivity index (χ0) is 12.0. The maximum Gasteiger partial charge on any atom is 0.337 e. The van der Waals surface area contributed by atoms with E-state index in [0.29, 0.717) is 17.7 Å². The van der Waals surface area contributed by atoms with Gasteiger partial charge in [-0.15, -0.1) is 6.58 Å². The standard InChI is InChI=1S/C12H13NO3/c1-3-7-13-11(14)9-5-4-6-10(8-9)12(15)16-2/h3-6,8H,1,7H2,2H3,(H,13,14). The number of hydrogen-bond acceptors (Lipinski definition) is 3. The van der Waals surface area contributed by atoms with Gasteiger partial charge >= 0.3 is 5.97 Å². The van der Waals surface area contributed by atoms with Gasteiger partial charge in [0.2, 0.25) is 0 Å². The van der Waals surface area contributed by atoms with E-state index in [4.69, 9.17) is 0 Å². The third-order valence-electron chi connectivity index (χ3n) is 1.95. The van der Waals surface area contributed by atoms with Crippen molar-refractivity contribution in [3.05, 3.63) is 48.0 Å². The molecule has 1 N–H and O–H groups in total. The lowest BCUT2D eigenvalue weighted by molar-refractivity contribution is 0.0600. The third kappa shape index (κ3) is 2.95. The van der Waals surface area contributed by atoms with Crippen molar-refractivity contribution >= 4 is 11.9 Å². The first kappa shape index (κ1) is 12.0. The predicted octanol–water partition coefficient (Wildman–Crippen LogP) is 1.39. The van der Waals surface area contributed by atoms with E-state index < -0.39 is 5.97 Å². The first-order chi connectivity index (χ1) is 7.69. The molecule has 4 nitrogen and oxygen atoms in total. The molecular formula is C12H13NO3. The van der Waals surface area contributed by atoms with Gasteiger partial charge in [0, 0.05) is 12.1 Å². The summed E-state index contributed by atoms with van der Waals surface area (Å²) >= 11 is 0. The number of carbonyl (C=O) groups is 2. The van der Waals surface area contributed by atoms with Gasteiger partial charge in [0.1, 0.15) is 0 Å². The van der Waals surface area contributed by atoms with Crippen molar-refractivity contribution in [1.29, 1.82) is 0 Å². The van der Waals surface area contributed by atoms with E-state index in [1.165, 1.54) is 13.2 Å². The Hall–Kier alpha value is -2.10. The van der Waals surface area contributed by atoms with Gasteiger partial charge in [-0.2, -0.15) is 0 Å². The minimum absolute atomic E-state index is 0.245. The van der Waals surface area contributed by atoms with Crippen LogP contribution in [-0.2, 0) is 4.74 Å². The molecule has 0 aliphatic rings. The summed E-state index contributed by atoms with van der Waals surface area (Å²) in [6.45, 7) is 3.89. The second kappa shape index (κ2) is 5.70. The van der Waals surface area contributed by atoms with E-state index >= 15 is 0 Å². The molecule has 0 aliphatic carbocycles. The average molecular weight is 219 g/mol. The number of hydrogen-bond donors (Lipinski definition) is 1. The number of amides is 1. The highest BCUT2D eigenvalue weighted by atomic mass is 16.5. The normalized spacial score (nSPS) is 9.31. The van der Waals surface area contributed by atoms with Crippen LogP contribution in [0, 0.1) is 0 Å². The second-order valence-corrected chi connectivity index (χ2v) is 3.07. The van der Waals surface area contributed by atoms with Crippen LogP contribution in [0.1, 0.15) is 20.7 Å². The van der Waals surface area contributed by atoms with Crippen LogP contribution in [0.25, 0.3) is 0 Å². The molecule has 0 unspecified atom stereocenters. The van der Waals surface area contributed by atoms with E-state index in [1.54, 1.807) is 24.3 Å². The summed E-state index contributed by atoms with van der Waals surface area (Å²) in [5.41, 5.74) is 0.776. The number of ether oxygens (including phenoxy) is 1. The molecule has 0 heterocycles. The van der Waals surface area contributed by atoms with Crippen LogP contribution >= 0.6 is 0 Å². The third-order valence-corrected chi connectivity index (χ3v) is 1.95. The van der Waals surface area contributed by atoms with Gasteiger partial charge < -0.3 is 10.1 Å². The smallest absolute Gasteiger partial charge is 0.337 e. The molecule has 0 aliphatic heterocycles. The van der Waals surface area contributed by atoms with Crippen molar-refractivity contribution in [2.24, 2.45) is 0 Å². The van der Waals surface area contributed by atoms with E-state index in [0.717, 1.165) is 0 Å². The van der Waals surface area contributed by atoms with Crippen LogP contribution in [0.3, 0.4) is 0 Å². The number of rotatable bonds is 4. The fourth-order valence-corrected chi connectivity index (χ4v) is 1.17. The topological polar surface area (TPSA) is 55.4 Å². The van der Waals surface area contributed by atoms with Gasteiger partial charge in [0.15, 0.2) is 0 Å². The molecule has 1 rings (SSSR count). The summed E-state index contributed by atoms with van der Waals surface area (Å²) in [6.07, 6.45) is 1.59. The Bertz CT molecular complexity index is 412. The molecule has 0 radical (unpaired) electrons. The maximum absolute atomic E-state index is 11.6. The SMILES string of the molecule is C=CCNC(=O)c1cccc(C(=O)OC)c1. The minimum Gasteiger partial charge on any atom is -0.465 e. The Morgan fingerprint density at radius 1 is 1.44 bits per heavy atom. The number of methoxy groups -OCH3 is 1. The quantitative estimate of drug-likeness (QED) is 0.615. The van der Waals surface area contributed by atoms with Crippen LogP contribution in [0.4, 0.5) is 0 Å². The second-order valence-electron chi connectivity index (χ2n) is 3.07. The molecule has 0 saturated heterocycles. The van der Waals surface area contributed by atoms with Crippen LogP contribution in [0.15, 0.2) is 36.9 Å². The van der Waals surface area contributed by atoms with Crippen LogP contribution < -0.4 is 5.32 Å². The van der Waals surface area contributed by atoms with Crippen molar-refractivity contribution in [1.82, 2.24) is 5.32 Å². The van der Waals surface area contributed by atoms with E-state index in [2.05, 4.69) is 16.6 Å². The predicted molar refractivity (Wildman–Crippen MR) is 60.3 cm³/mol. The van der Waals surface area contributed by atoms with Gasteiger partial charge in [-0.25, -0.2) is 4.79 Å². The summed E-state index contributed by atoms with van der Waals surface area (Å²) in [5.74, 6) is -0.705. The molecule has 84 valence electrons. The maximum atomic E-state index is 11.6. The molecule has 4 heteroatoms. The van der Waals surface area contributed by atoms with Gasteiger partial charge in [0.05, 0.1) is 12.7 Å². The van der Waals surface area contributed by atoms with Gasteiger partial charge in [0.25, 0.3) is 5.91 Å². The highest BCUT2D eigenvalue weighted by Crippen LogP contribution is 2.06.